The van der Waals surface area contributed by atoms with Crippen molar-refractivity contribution in [2.24, 2.45) is 0 Å². The summed E-state index contributed by atoms with van der Waals surface area (Å²) in [4.78, 5) is 18.9. The molecule has 1 aromatic heterocycles. The summed E-state index contributed by atoms with van der Waals surface area (Å²) in [6.45, 7) is 0. The van der Waals surface area contributed by atoms with Crippen molar-refractivity contribution in [3.8, 4) is 0 Å². The zero-order valence-corrected chi connectivity index (χ0v) is 14.0. The molecule has 0 spiro atoms. The van der Waals surface area contributed by atoms with E-state index in [1.165, 1.54) is 12.4 Å². The highest BCUT2D eigenvalue weighted by Crippen LogP contribution is 2.33. The third-order valence-electron chi connectivity index (χ3n) is 4.38. The maximum Gasteiger partial charge on any atom is 0.353 e. The Balaban J connectivity index is 1.87. The first-order chi connectivity index (χ1) is 12.5. The lowest BCUT2D eigenvalue weighted by atomic mass is 10.1. The van der Waals surface area contributed by atoms with Crippen molar-refractivity contribution in [3.63, 3.8) is 0 Å². The highest BCUT2D eigenvalue weighted by Gasteiger charge is 2.25. The van der Waals surface area contributed by atoms with E-state index in [0.29, 0.717) is 0 Å². The second-order valence-corrected chi connectivity index (χ2v) is 6.26. The Labute approximate surface area is 149 Å². The molecule has 0 aliphatic heterocycles. The van der Waals surface area contributed by atoms with E-state index in [2.05, 4.69) is 20.6 Å². The number of halogens is 2. The van der Waals surface area contributed by atoms with Gasteiger partial charge in [-0.1, -0.05) is 25.7 Å². The van der Waals surface area contributed by atoms with Gasteiger partial charge < -0.3 is 10.6 Å². The molecule has 138 valence electrons. The molecular formula is C17H19F2N5O2. The van der Waals surface area contributed by atoms with Gasteiger partial charge in [-0.15, -0.1) is 0 Å². The number of anilines is 3. The van der Waals surface area contributed by atoms with Crippen molar-refractivity contribution >= 4 is 23.0 Å². The number of aromatic nitrogens is 2. The van der Waals surface area contributed by atoms with E-state index in [1.807, 2.05) is 0 Å². The summed E-state index contributed by atoms with van der Waals surface area (Å²) >= 11 is 0. The van der Waals surface area contributed by atoms with Crippen molar-refractivity contribution < 1.29 is 13.7 Å². The first kappa shape index (κ1) is 18.0. The minimum Gasteiger partial charge on any atom is -0.361 e. The molecule has 26 heavy (non-hydrogen) atoms. The van der Waals surface area contributed by atoms with Crippen LogP contribution in [0.4, 0.5) is 31.8 Å². The molecule has 1 aliphatic rings. The number of rotatable bonds is 5. The Hall–Kier alpha value is -2.84. The third-order valence-corrected chi connectivity index (χ3v) is 4.38. The quantitative estimate of drug-likeness (QED) is 0.460. The number of hydrogen-bond donors (Lipinski definition) is 2. The molecule has 1 aliphatic carbocycles. The Bertz CT molecular complexity index is 795. The van der Waals surface area contributed by atoms with Gasteiger partial charge in [-0.25, -0.2) is 18.7 Å². The summed E-state index contributed by atoms with van der Waals surface area (Å²) in [6, 6.07) is 3.25. The highest BCUT2D eigenvalue weighted by molar-refractivity contribution is 5.73. The lowest BCUT2D eigenvalue weighted by Crippen LogP contribution is -2.20. The van der Waals surface area contributed by atoms with Gasteiger partial charge in [-0.05, 0) is 25.0 Å². The average molecular weight is 363 g/mol. The molecule has 7 nitrogen and oxygen atoms in total. The zero-order valence-electron chi connectivity index (χ0n) is 14.0. The summed E-state index contributed by atoms with van der Waals surface area (Å²) in [5, 5.41) is 17.4. The average Bonchev–Trinajstić information content (AvgIpc) is 2.87. The van der Waals surface area contributed by atoms with Gasteiger partial charge >= 0.3 is 5.69 Å². The number of benzene rings is 1. The lowest BCUT2D eigenvalue weighted by Gasteiger charge is -2.17. The molecule has 0 saturated heterocycles. The number of hydrogen-bond acceptors (Lipinski definition) is 6. The van der Waals surface area contributed by atoms with E-state index in [0.717, 1.165) is 50.7 Å². The normalized spacial score (nSPS) is 15.3. The smallest absolute Gasteiger partial charge is 0.353 e. The number of nitro groups is 1. The SMILES string of the molecule is O=[N+]([O-])c1c(Nc2ccc(F)c(F)c2)ncnc1NC1CCCCCC1. The van der Waals surface area contributed by atoms with E-state index < -0.39 is 16.6 Å². The van der Waals surface area contributed by atoms with Gasteiger partial charge in [-0.3, -0.25) is 10.1 Å². The van der Waals surface area contributed by atoms with Gasteiger partial charge in [0, 0.05) is 17.8 Å². The van der Waals surface area contributed by atoms with Crippen LogP contribution in [0, 0.1) is 21.7 Å². The van der Waals surface area contributed by atoms with Crippen molar-refractivity contribution in [1.82, 2.24) is 9.97 Å². The largest absolute Gasteiger partial charge is 0.361 e. The maximum absolute atomic E-state index is 13.4. The summed E-state index contributed by atoms with van der Waals surface area (Å²) in [5.74, 6) is -2.00. The minimum atomic E-state index is -1.05. The topological polar surface area (TPSA) is 93.0 Å². The molecule has 1 saturated carbocycles. The Morgan fingerprint density at radius 3 is 2.38 bits per heavy atom. The molecule has 2 aromatic rings. The van der Waals surface area contributed by atoms with E-state index in [4.69, 9.17) is 0 Å². The minimum absolute atomic E-state index is 0.0767. The van der Waals surface area contributed by atoms with Crippen LogP contribution < -0.4 is 10.6 Å². The van der Waals surface area contributed by atoms with Crippen molar-refractivity contribution in [3.05, 3.63) is 46.3 Å². The molecule has 0 amide bonds. The molecule has 1 aromatic carbocycles. The Morgan fingerprint density at radius 2 is 1.73 bits per heavy atom. The van der Waals surface area contributed by atoms with Gasteiger partial charge in [0.2, 0.25) is 11.6 Å². The Morgan fingerprint density at radius 1 is 1.04 bits per heavy atom. The van der Waals surface area contributed by atoms with Crippen LogP contribution in [-0.2, 0) is 0 Å². The van der Waals surface area contributed by atoms with Crippen LogP contribution in [-0.4, -0.2) is 20.9 Å². The molecule has 2 N–H and O–H groups in total. The highest BCUT2D eigenvalue weighted by atomic mass is 19.2. The fourth-order valence-electron chi connectivity index (χ4n) is 3.08. The van der Waals surface area contributed by atoms with E-state index in [9.17, 15) is 18.9 Å². The van der Waals surface area contributed by atoms with Crippen LogP contribution in [0.3, 0.4) is 0 Å². The second-order valence-electron chi connectivity index (χ2n) is 6.26. The lowest BCUT2D eigenvalue weighted by molar-refractivity contribution is -0.383. The van der Waals surface area contributed by atoms with Gasteiger partial charge in [0.1, 0.15) is 6.33 Å². The molecule has 1 fully saturated rings. The molecule has 3 rings (SSSR count). The van der Waals surface area contributed by atoms with Crippen molar-refractivity contribution in [2.75, 3.05) is 10.6 Å². The molecule has 0 atom stereocenters. The molecule has 0 unspecified atom stereocenters. The van der Waals surface area contributed by atoms with Crippen LogP contribution in [0.25, 0.3) is 0 Å². The van der Waals surface area contributed by atoms with E-state index >= 15 is 0 Å². The van der Waals surface area contributed by atoms with Gasteiger partial charge in [0.25, 0.3) is 0 Å². The van der Waals surface area contributed by atoms with Crippen molar-refractivity contribution in [2.45, 2.75) is 44.6 Å². The van der Waals surface area contributed by atoms with Gasteiger partial charge in [0.05, 0.1) is 4.92 Å². The monoisotopic (exact) mass is 363 g/mol. The van der Waals surface area contributed by atoms with Crippen LogP contribution in [0.15, 0.2) is 24.5 Å². The predicted molar refractivity (Wildman–Crippen MR) is 93.4 cm³/mol. The maximum atomic E-state index is 13.4. The van der Waals surface area contributed by atoms with Gasteiger partial charge in [-0.2, -0.15) is 0 Å². The summed E-state index contributed by atoms with van der Waals surface area (Å²) < 4.78 is 26.4. The van der Waals surface area contributed by atoms with Crippen LogP contribution in [0.2, 0.25) is 0 Å². The van der Waals surface area contributed by atoms with Crippen LogP contribution in [0.5, 0.6) is 0 Å². The van der Waals surface area contributed by atoms with E-state index in [-0.39, 0.29) is 29.1 Å². The van der Waals surface area contributed by atoms with Crippen molar-refractivity contribution in [1.29, 1.82) is 0 Å². The molecule has 1 heterocycles. The fourth-order valence-corrected chi connectivity index (χ4v) is 3.08. The van der Waals surface area contributed by atoms with E-state index in [1.54, 1.807) is 0 Å². The standard InChI is InChI=1S/C17H19F2N5O2/c18-13-8-7-12(9-14(13)19)23-17-15(24(25)26)16(20-10-21-17)22-11-5-3-1-2-4-6-11/h7-11H,1-6H2,(H2,20,21,22,23). The number of nitrogens with zero attached hydrogens (tertiary/aromatic N) is 3. The third kappa shape index (κ3) is 4.22. The molecular weight excluding hydrogens is 344 g/mol. The number of nitrogens with one attached hydrogen (secondary N) is 2. The predicted octanol–water partition coefficient (Wildman–Crippen LogP) is 4.54. The van der Waals surface area contributed by atoms with Gasteiger partial charge in [0.15, 0.2) is 11.6 Å². The second kappa shape index (κ2) is 8.03. The summed E-state index contributed by atoms with van der Waals surface area (Å²) in [6.07, 6.45) is 7.50. The summed E-state index contributed by atoms with van der Waals surface area (Å²) in [7, 11) is 0. The molecule has 0 bridgehead atoms. The fraction of sp³-hybridized carbons (Fsp3) is 0.412. The molecule has 9 heteroatoms. The first-order valence-corrected chi connectivity index (χ1v) is 8.52. The summed E-state index contributed by atoms with van der Waals surface area (Å²) in [5.41, 5.74) is -0.160. The first-order valence-electron chi connectivity index (χ1n) is 8.52. The molecule has 0 radical (unpaired) electrons. The Kier molecular flexibility index (Phi) is 5.55. The van der Waals surface area contributed by atoms with Crippen LogP contribution >= 0.6 is 0 Å². The zero-order chi connectivity index (χ0) is 18.5. The van der Waals surface area contributed by atoms with Crippen LogP contribution in [0.1, 0.15) is 38.5 Å².